The number of hydrogen-bond donors (Lipinski definition) is 2. The Balaban J connectivity index is 1.59. The van der Waals surface area contributed by atoms with E-state index in [1.54, 1.807) is 12.1 Å². The van der Waals surface area contributed by atoms with E-state index in [-0.39, 0.29) is 23.7 Å². The van der Waals surface area contributed by atoms with Gasteiger partial charge in [0.25, 0.3) is 0 Å². The van der Waals surface area contributed by atoms with Crippen molar-refractivity contribution in [3.8, 4) is 0 Å². The van der Waals surface area contributed by atoms with Gasteiger partial charge in [0.2, 0.25) is 11.8 Å². The lowest BCUT2D eigenvalue weighted by atomic mass is 9.88. The first-order valence-electron chi connectivity index (χ1n) is 9.14. The van der Waals surface area contributed by atoms with Gasteiger partial charge < -0.3 is 10.6 Å². The molecule has 2 aliphatic rings. The van der Waals surface area contributed by atoms with E-state index in [0.717, 1.165) is 32.1 Å². The number of nitrogens with one attached hydrogen (secondary N) is 1. The van der Waals surface area contributed by atoms with E-state index >= 15 is 0 Å². The second-order valence-electron chi connectivity index (χ2n) is 7.16. The number of nitrogens with two attached hydrogens (primary N) is 1. The predicted molar refractivity (Wildman–Crippen MR) is 93.0 cm³/mol. The largest absolute Gasteiger partial charge is 0.368 e. The Kier molecular flexibility index (Phi) is 5.68. The van der Waals surface area contributed by atoms with Crippen LogP contribution in [0.15, 0.2) is 24.3 Å². The number of hydrogen-bond acceptors (Lipinski definition) is 3. The van der Waals surface area contributed by atoms with Crippen LogP contribution in [-0.4, -0.2) is 35.8 Å². The van der Waals surface area contributed by atoms with Gasteiger partial charge in [-0.15, -0.1) is 0 Å². The van der Waals surface area contributed by atoms with Crippen LogP contribution in [0.5, 0.6) is 0 Å². The molecule has 0 spiro atoms. The maximum atomic E-state index is 13.1. The van der Waals surface area contributed by atoms with Gasteiger partial charge in [0.05, 0.1) is 0 Å². The van der Waals surface area contributed by atoms with E-state index in [1.165, 1.54) is 18.6 Å². The molecule has 1 aliphatic carbocycles. The Bertz CT molecular complexity index is 614. The van der Waals surface area contributed by atoms with Crippen molar-refractivity contribution in [3.63, 3.8) is 0 Å². The van der Waals surface area contributed by atoms with Crippen molar-refractivity contribution < 1.29 is 14.0 Å². The Morgan fingerprint density at radius 2 is 1.80 bits per heavy atom. The van der Waals surface area contributed by atoms with Crippen LogP contribution in [-0.2, 0) is 9.59 Å². The Labute approximate surface area is 147 Å². The van der Waals surface area contributed by atoms with Crippen LogP contribution < -0.4 is 11.1 Å². The van der Waals surface area contributed by atoms with Gasteiger partial charge in [0.15, 0.2) is 0 Å². The lowest BCUT2D eigenvalue weighted by Crippen LogP contribution is -2.43. The van der Waals surface area contributed by atoms with Crippen molar-refractivity contribution in [1.82, 2.24) is 10.2 Å². The lowest BCUT2D eigenvalue weighted by Gasteiger charge is -2.27. The first kappa shape index (κ1) is 17.9. The first-order chi connectivity index (χ1) is 12.0. The average Bonchev–Trinajstić information content (AvgIpc) is 3.09. The van der Waals surface area contributed by atoms with Gasteiger partial charge in [-0.25, -0.2) is 4.39 Å². The zero-order valence-corrected chi connectivity index (χ0v) is 14.4. The fourth-order valence-corrected chi connectivity index (χ4v) is 3.94. The van der Waals surface area contributed by atoms with Gasteiger partial charge >= 0.3 is 0 Å². The molecule has 3 rings (SSSR count). The molecule has 1 aromatic carbocycles. The summed E-state index contributed by atoms with van der Waals surface area (Å²) in [5.74, 6) is -0.432. The highest BCUT2D eigenvalue weighted by Crippen LogP contribution is 2.27. The minimum absolute atomic E-state index is 0.0232. The normalized spacial score (nSPS) is 22.8. The molecule has 1 aliphatic heterocycles. The van der Waals surface area contributed by atoms with Crippen LogP contribution in [0.2, 0.25) is 0 Å². The highest BCUT2D eigenvalue weighted by molar-refractivity contribution is 5.81. The summed E-state index contributed by atoms with van der Waals surface area (Å²) in [7, 11) is 0. The minimum Gasteiger partial charge on any atom is -0.368 e. The number of carbonyl (C=O) groups is 2. The molecule has 1 saturated heterocycles. The second kappa shape index (κ2) is 7.95. The summed E-state index contributed by atoms with van der Waals surface area (Å²) in [6, 6.07) is 5.13. The molecule has 1 saturated carbocycles. The third-order valence-corrected chi connectivity index (χ3v) is 5.34. The molecule has 2 fully saturated rings. The number of amides is 2. The smallest absolute Gasteiger partial charge is 0.239 e. The van der Waals surface area contributed by atoms with Gasteiger partial charge in [-0.1, -0.05) is 31.4 Å². The number of rotatable bonds is 5. The maximum Gasteiger partial charge on any atom is 0.239 e. The zero-order chi connectivity index (χ0) is 17.8. The quantitative estimate of drug-likeness (QED) is 0.857. The number of primary amides is 1. The van der Waals surface area contributed by atoms with E-state index in [9.17, 15) is 14.0 Å². The van der Waals surface area contributed by atoms with Crippen molar-refractivity contribution in [3.05, 3.63) is 35.6 Å². The zero-order valence-electron chi connectivity index (χ0n) is 14.4. The second-order valence-corrected chi connectivity index (χ2v) is 7.16. The highest BCUT2D eigenvalue weighted by atomic mass is 19.1. The number of carbonyl (C=O) groups excluding carboxylic acids is 2. The topological polar surface area (TPSA) is 75.4 Å². The van der Waals surface area contributed by atoms with Crippen LogP contribution in [0.3, 0.4) is 0 Å². The molecule has 0 aromatic heterocycles. The summed E-state index contributed by atoms with van der Waals surface area (Å²) in [6.45, 7) is 1.31. The van der Waals surface area contributed by atoms with Gasteiger partial charge in [0.1, 0.15) is 11.9 Å². The van der Waals surface area contributed by atoms with Crippen molar-refractivity contribution in [2.24, 2.45) is 11.7 Å². The SMILES string of the molecule is NC(=O)C(NC1CCN(C(=O)C2CCCCC2)C1)c1ccc(F)cc1. The number of likely N-dealkylation sites (tertiary alicyclic amines) is 1. The molecule has 0 radical (unpaired) electrons. The molecule has 0 bridgehead atoms. The van der Waals surface area contributed by atoms with Crippen LogP contribution in [0.1, 0.15) is 50.1 Å². The van der Waals surface area contributed by atoms with Gasteiger partial charge in [-0.3, -0.25) is 14.9 Å². The molecule has 2 atom stereocenters. The van der Waals surface area contributed by atoms with Gasteiger partial charge in [0, 0.05) is 25.0 Å². The van der Waals surface area contributed by atoms with Gasteiger partial charge in [-0.2, -0.15) is 0 Å². The molecule has 25 heavy (non-hydrogen) atoms. The van der Waals surface area contributed by atoms with E-state index in [0.29, 0.717) is 18.7 Å². The molecule has 6 heteroatoms. The first-order valence-corrected chi connectivity index (χ1v) is 9.14. The molecular formula is C19H26FN3O2. The molecule has 5 nitrogen and oxygen atoms in total. The Morgan fingerprint density at radius 3 is 2.44 bits per heavy atom. The Hall–Kier alpha value is -1.95. The summed E-state index contributed by atoms with van der Waals surface area (Å²) >= 11 is 0. The van der Waals surface area contributed by atoms with Crippen molar-refractivity contribution >= 4 is 11.8 Å². The summed E-state index contributed by atoms with van der Waals surface area (Å²) in [4.78, 5) is 26.4. The summed E-state index contributed by atoms with van der Waals surface area (Å²) < 4.78 is 13.1. The van der Waals surface area contributed by atoms with Crippen molar-refractivity contribution in [2.75, 3.05) is 13.1 Å². The fraction of sp³-hybridized carbons (Fsp3) is 0.579. The van der Waals surface area contributed by atoms with Crippen LogP contribution >= 0.6 is 0 Å². The molecule has 3 N–H and O–H groups in total. The van der Waals surface area contributed by atoms with Crippen molar-refractivity contribution in [2.45, 2.75) is 50.6 Å². The van der Waals surface area contributed by atoms with Crippen LogP contribution in [0.25, 0.3) is 0 Å². The van der Waals surface area contributed by atoms with Crippen LogP contribution in [0, 0.1) is 11.7 Å². The number of halogens is 1. The molecule has 136 valence electrons. The summed E-state index contributed by atoms with van der Waals surface area (Å²) in [5, 5.41) is 3.25. The molecule has 2 unspecified atom stereocenters. The molecular weight excluding hydrogens is 321 g/mol. The highest BCUT2D eigenvalue weighted by Gasteiger charge is 2.33. The maximum absolute atomic E-state index is 13.1. The van der Waals surface area contributed by atoms with Gasteiger partial charge in [-0.05, 0) is 37.0 Å². The standard InChI is InChI=1S/C19H26FN3O2/c20-15-8-6-13(7-9-15)17(18(21)24)22-16-10-11-23(12-16)19(25)14-4-2-1-3-5-14/h6-9,14,16-17,22H,1-5,10-12H2,(H2,21,24). The third-order valence-electron chi connectivity index (χ3n) is 5.34. The Morgan fingerprint density at radius 1 is 1.12 bits per heavy atom. The lowest BCUT2D eigenvalue weighted by molar-refractivity contribution is -0.135. The van der Waals surface area contributed by atoms with E-state index in [2.05, 4.69) is 5.32 Å². The van der Waals surface area contributed by atoms with E-state index in [1.807, 2.05) is 4.90 Å². The average molecular weight is 347 g/mol. The van der Waals surface area contributed by atoms with E-state index in [4.69, 9.17) is 5.73 Å². The number of nitrogens with zero attached hydrogens (tertiary/aromatic N) is 1. The van der Waals surface area contributed by atoms with E-state index < -0.39 is 11.9 Å². The monoisotopic (exact) mass is 347 g/mol. The molecule has 1 aromatic rings. The number of benzene rings is 1. The van der Waals surface area contributed by atoms with Crippen LogP contribution in [0.4, 0.5) is 4.39 Å². The summed E-state index contributed by atoms with van der Waals surface area (Å²) in [6.07, 6.45) is 6.29. The molecule has 2 amide bonds. The van der Waals surface area contributed by atoms with Crippen molar-refractivity contribution in [1.29, 1.82) is 0 Å². The summed E-state index contributed by atoms with van der Waals surface area (Å²) in [5.41, 5.74) is 6.16. The predicted octanol–water partition coefficient (Wildman–Crippen LogP) is 2.12. The molecule has 1 heterocycles. The minimum atomic E-state index is -0.671. The fourth-order valence-electron chi connectivity index (χ4n) is 3.94. The third kappa shape index (κ3) is 4.37.